The Morgan fingerprint density at radius 2 is 1.20 bits per heavy atom. The van der Waals surface area contributed by atoms with Crippen LogP contribution < -0.4 is 0 Å². The molecule has 0 saturated carbocycles. The average molecular weight is 671 g/mol. The van der Waals surface area contributed by atoms with Crippen LogP contribution >= 0.6 is 11.3 Å². The Kier molecular flexibility index (Phi) is 6.02. The van der Waals surface area contributed by atoms with Crippen LogP contribution in [0.3, 0.4) is 0 Å². The van der Waals surface area contributed by atoms with Crippen molar-refractivity contribution in [2.75, 3.05) is 0 Å². The minimum Gasteiger partial charge on any atom is -0.309 e. The molecular formula is C44H26N6S. The van der Waals surface area contributed by atoms with E-state index in [1.54, 1.807) is 11.3 Å². The molecule has 0 radical (unpaired) electrons. The molecule has 0 aliphatic heterocycles. The summed E-state index contributed by atoms with van der Waals surface area (Å²) in [5.41, 5.74) is 7.25. The van der Waals surface area contributed by atoms with Crippen molar-refractivity contribution in [1.82, 2.24) is 29.1 Å². The van der Waals surface area contributed by atoms with E-state index in [4.69, 9.17) is 15.0 Å². The number of thiophene rings is 1. The Bertz CT molecular complexity index is 3140. The molecular weight excluding hydrogens is 645 g/mol. The largest absolute Gasteiger partial charge is 0.309 e. The maximum atomic E-state index is 5.32. The lowest BCUT2D eigenvalue weighted by atomic mass is 10.1. The van der Waals surface area contributed by atoms with E-state index in [1.165, 1.54) is 25.6 Å². The maximum absolute atomic E-state index is 5.32. The van der Waals surface area contributed by atoms with E-state index in [-0.39, 0.29) is 0 Å². The summed E-state index contributed by atoms with van der Waals surface area (Å²) in [4.78, 5) is 20.3. The van der Waals surface area contributed by atoms with Crippen LogP contribution in [-0.4, -0.2) is 29.1 Å². The molecule has 0 bridgehead atoms. The highest BCUT2D eigenvalue weighted by Gasteiger charge is 2.23. The van der Waals surface area contributed by atoms with E-state index < -0.39 is 0 Å². The molecule has 0 unspecified atom stereocenters. The molecule has 0 aliphatic rings. The van der Waals surface area contributed by atoms with Crippen molar-refractivity contribution in [1.29, 1.82) is 0 Å². The lowest BCUT2D eigenvalue weighted by Crippen LogP contribution is -2.06. The summed E-state index contributed by atoms with van der Waals surface area (Å²) in [5, 5.41) is 6.97. The molecule has 5 aromatic heterocycles. The number of rotatable bonds is 4. The molecule has 238 valence electrons. The first-order valence-corrected chi connectivity index (χ1v) is 17.7. The lowest BCUT2D eigenvalue weighted by molar-refractivity contribution is 0.952. The van der Waals surface area contributed by atoms with Gasteiger partial charge in [0.25, 0.3) is 0 Å². The minimum absolute atomic E-state index is 0.546. The van der Waals surface area contributed by atoms with E-state index in [0.29, 0.717) is 17.6 Å². The van der Waals surface area contributed by atoms with Gasteiger partial charge < -0.3 is 4.57 Å². The number of para-hydroxylation sites is 2. The molecule has 0 N–H and O–H groups in total. The smallest absolute Gasteiger partial charge is 0.238 e. The quantitative estimate of drug-likeness (QED) is 0.187. The zero-order chi connectivity index (χ0) is 33.5. The molecule has 0 atom stereocenters. The first-order valence-electron chi connectivity index (χ1n) is 16.9. The molecule has 5 heterocycles. The highest BCUT2D eigenvalue weighted by atomic mass is 32.1. The number of hydrogen-bond acceptors (Lipinski definition) is 5. The SMILES string of the molecule is c1ccc(-c2nc(-c3cccc4sc5ccccc5c34)nc(-n3c4cnccc4c4c3ccc3c5ccccc5n(-c5ccccc5)c34)n2)cc1. The summed E-state index contributed by atoms with van der Waals surface area (Å²) >= 11 is 1.79. The van der Waals surface area contributed by atoms with Crippen LogP contribution in [0.1, 0.15) is 0 Å². The van der Waals surface area contributed by atoms with Crippen LogP contribution in [0.4, 0.5) is 0 Å². The van der Waals surface area contributed by atoms with Gasteiger partial charge >= 0.3 is 0 Å². The van der Waals surface area contributed by atoms with Gasteiger partial charge in [-0.05, 0) is 42.5 Å². The van der Waals surface area contributed by atoms with Crippen LogP contribution in [0.25, 0.3) is 98.2 Å². The number of hydrogen-bond donors (Lipinski definition) is 0. The van der Waals surface area contributed by atoms with Crippen LogP contribution in [0, 0.1) is 0 Å². The summed E-state index contributed by atoms with van der Waals surface area (Å²) in [7, 11) is 0. The first kappa shape index (κ1) is 28.2. The van der Waals surface area contributed by atoms with Crippen molar-refractivity contribution >= 4 is 75.1 Å². The first-order chi connectivity index (χ1) is 25.3. The Morgan fingerprint density at radius 3 is 2.08 bits per heavy atom. The van der Waals surface area contributed by atoms with Crippen molar-refractivity contribution < 1.29 is 0 Å². The van der Waals surface area contributed by atoms with E-state index in [2.05, 4.69) is 142 Å². The van der Waals surface area contributed by atoms with Crippen molar-refractivity contribution in [3.8, 4) is 34.4 Å². The second-order valence-corrected chi connectivity index (χ2v) is 13.8. The third kappa shape index (κ3) is 4.16. The van der Waals surface area contributed by atoms with Crippen LogP contribution in [0.15, 0.2) is 158 Å². The Balaban J connectivity index is 1.27. The molecule has 0 saturated heterocycles. The van der Waals surface area contributed by atoms with E-state index >= 15 is 0 Å². The average Bonchev–Trinajstić information content (AvgIpc) is 3.86. The fourth-order valence-corrected chi connectivity index (χ4v) is 8.86. The van der Waals surface area contributed by atoms with Gasteiger partial charge in [0.15, 0.2) is 11.6 Å². The zero-order valence-electron chi connectivity index (χ0n) is 27.1. The molecule has 0 amide bonds. The number of fused-ring (bicyclic) bond motifs is 10. The summed E-state index contributed by atoms with van der Waals surface area (Å²) in [6, 6.07) is 50.9. The maximum Gasteiger partial charge on any atom is 0.238 e. The lowest BCUT2D eigenvalue weighted by Gasteiger charge is -2.12. The van der Waals surface area contributed by atoms with Crippen molar-refractivity contribution in [2.24, 2.45) is 0 Å². The topological polar surface area (TPSA) is 61.4 Å². The molecule has 0 aliphatic carbocycles. The summed E-state index contributed by atoms with van der Waals surface area (Å²) in [5.74, 6) is 1.79. The van der Waals surface area contributed by atoms with Gasteiger partial charge in [-0.1, -0.05) is 103 Å². The number of pyridine rings is 1. The van der Waals surface area contributed by atoms with Gasteiger partial charge in [-0.3, -0.25) is 9.55 Å². The molecule has 11 rings (SSSR count). The third-order valence-electron chi connectivity index (χ3n) is 9.88. The standard InChI is InChI=1S/C44H26N6S/c1-3-12-27(13-4-1)42-46-43(33-18-11-21-38-39(33)32-17-8-10-20-37(32)51-38)48-44(47-42)50-35-23-22-30-29-16-7-9-19-34(29)49(28-14-5-2-6-15-28)41(30)40(35)31-24-25-45-26-36(31)50/h1-26H. The number of aromatic nitrogens is 6. The van der Waals surface area contributed by atoms with Gasteiger partial charge in [-0.25, -0.2) is 4.98 Å². The Labute approximate surface area is 295 Å². The summed E-state index contributed by atoms with van der Waals surface area (Å²) in [6.07, 6.45) is 3.80. The predicted octanol–water partition coefficient (Wildman–Crippen LogP) is 11.2. The third-order valence-corrected chi connectivity index (χ3v) is 11.0. The van der Waals surface area contributed by atoms with Gasteiger partial charge in [0.2, 0.25) is 5.95 Å². The van der Waals surface area contributed by atoms with Gasteiger partial charge in [0.1, 0.15) is 0 Å². The van der Waals surface area contributed by atoms with Crippen molar-refractivity contribution in [2.45, 2.75) is 0 Å². The summed E-state index contributed by atoms with van der Waals surface area (Å²) < 4.78 is 6.99. The van der Waals surface area contributed by atoms with E-state index in [1.807, 2.05) is 30.6 Å². The molecule has 6 aromatic carbocycles. The molecule has 0 fully saturated rings. The summed E-state index contributed by atoms with van der Waals surface area (Å²) in [6.45, 7) is 0. The van der Waals surface area contributed by atoms with E-state index in [9.17, 15) is 0 Å². The van der Waals surface area contributed by atoms with Crippen LogP contribution in [0.5, 0.6) is 0 Å². The van der Waals surface area contributed by atoms with Crippen LogP contribution in [-0.2, 0) is 0 Å². The normalized spacial score (nSPS) is 11.9. The molecule has 51 heavy (non-hydrogen) atoms. The monoisotopic (exact) mass is 670 g/mol. The highest BCUT2D eigenvalue weighted by Crippen LogP contribution is 2.43. The van der Waals surface area contributed by atoms with E-state index in [0.717, 1.165) is 55.0 Å². The highest BCUT2D eigenvalue weighted by molar-refractivity contribution is 7.25. The molecule has 6 nitrogen and oxygen atoms in total. The zero-order valence-corrected chi connectivity index (χ0v) is 27.9. The fourth-order valence-electron chi connectivity index (χ4n) is 7.73. The van der Waals surface area contributed by atoms with Gasteiger partial charge in [0, 0.05) is 64.7 Å². The predicted molar refractivity (Wildman–Crippen MR) is 210 cm³/mol. The Hall–Kier alpha value is -6.70. The molecule has 0 spiro atoms. The van der Waals surface area contributed by atoms with Crippen molar-refractivity contribution in [3.63, 3.8) is 0 Å². The molecule has 11 aromatic rings. The Morgan fingerprint density at radius 1 is 0.451 bits per heavy atom. The fraction of sp³-hybridized carbons (Fsp3) is 0. The van der Waals surface area contributed by atoms with Gasteiger partial charge in [-0.2, -0.15) is 9.97 Å². The number of nitrogens with zero attached hydrogens (tertiary/aromatic N) is 6. The number of benzene rings is 6. The van der Waals surface area contributed by atoms with Crippen LogP contribution in [0.2, 0.25) is 0 Å². The molecule has 7 heteroatoms. The minimum atomic E-state index is 0.546. The van der Waals surface area contributed by atoms with Gasteiger partial charge in [0.05, 0.1) is 28.3 Å². The van der Waals surface area contributed by atoms with Crippen molar-refractivity contribution in [3.05, 3.63) is 158 Å². The van der Waals surface area contributed by atoms with Gasteiger partial charge in [-0.15, -0.1) is 11.3 Å². The second kappa shape index (κ2) is 10.9. The second-order valence-electron chi connectivity index (χ2n) is 12.7.